The number of nitrogens with zero attached hydrogens (tertiary/aromatic N) is 2. The van der Waals surface area contributed by atoms with Gasteiger partial charge in [0.05, 0.1) is 22.8 Å². The Morgan fingerprint density at radius 1 is 0.370 bits per heavy atom. The molecule has 0 unspecified atom stereocenters. The van der Waals surface area contributed by atoms with Crippen molar-refractivity contribution in [2.45, 2.75) is 0 Å². The Bertz CT molecular complexity index is 1940. The van der Waals surface area contributed by atoms with Crippen LogP contribution in [-0.4, -0.2) is 30.1 Å². The summed E-state index contributed by atoms with van der Waals surface area (Å²) >= 11 is 2.04. The highest BCUT2D eigenvalue weighted by Gasteiger charge is 2.17. The van der Waals surface area contributed by atoms with Crippen LogP contribution in [-0.2, 0) is 0 Å². The van der Waals surface area contributed by atoms with Crippen molar-refractivity contribution in [1.82, 2.24) is 9.97 Å². The molecular weight excluding hydrogens is 605 g/mol. The highest BCUT2D eigenvalue weighted by atomic mass is 32.2. The first-order chi connectivity index (χ1) is 22.4. The quantitative estimate of drug-likeness (QED) is 0.103. The fourth-order valence-corrected chi connectivity index (χ4v) is 6.09. The van der Waals surface area contributed by atoms with Crippen LogP contribution in [0.15, 0.2) is 146 Å². The summed E-state index contributed by atoms with van der Waals surface area (Å²) in [4.78, 5) is 9.36. The average Bonchev–Trinajstić information content (AvgIpc) is 3.12. The van der Waals surface area contributed by atoms with Gasteiger partial charge in [-0.25, -0.2) is 9.97 Å². The standard InChI is InChI=1S/C38H28N6S2/c39-35(45-37(41)33-20-10-18-31(43-33)26-14-6-2-7-15-26)29-22-28(25-12-4-1-5-13-25)23-30(24-29)36(40)46-38(42)34-21-11-19-32(44-34)27-16-8-3-9-17-27/h1-24,39-42H. The van der Waals surface area contributed by atoms with Crippen LogP contribution in [0.3, 0.4) is 0 Å². The first-order valence-corrected chi connectivity index (χ1v) is 16.0. The second-order valence-corrected chi connectivity index (χ2v) is 12.3. The predicted octanol–water partition coefficient (Wildman–Crippen LogP) is 9.65. The Labute approximate surface area is 276 Å². The van der Waals surface area contributed by atoms with Gasteiger partial charge in [0, 0.05) is 22.3 Å². The smallest absolute Gasteiger partial charge is 0.119 e. The summed E-state index contributed by atoms with van der Waals surface area (Å²) in [6, 6.07) is 46.1. The van der Waals surface area contributed by atoms with Crippen molar-refractivity contribution in [3.63, 3.8) is 0 Å². The van der Waals surface area contributed by atoms with Crippen LogP contribution in [0.1, 0.15) is 22.5 Å². The maximum Gasteiger partial charge on any atom is 0.119 e. The molecule has 0 saturated carbocycles. The Hall–Kier alpha value is -5.44. The molecule has 2 aromatic heterocycles. The van der Waals surface area contributed by atoms with Gasteiger partial charge in [0.15, 0.2) is 0 Å². The van der Waals surface area contributed by atoms with Crippen LogP contribution in [0.5, 0.6) is 0 Å². The van der Waals surface area contributed by atoms with E-state index in [1.54, 1.807) is 18.2 Å². The van der Waals surface area contributed by atoms with E-state index >= 15 is 0 Å². The molecule has 0 aliphatic rings. The maximum absolute atomic E-state index is 8.97. The van der Waals surface area contributed by atoms with Crippen LogP contribution in [0, 0.1) is 21.6 Å². The fraction of sp³-hybridized carbons (Fsp3) is 0. The first kappa shape index (κ1) is 30.6. The SMILES string of the molecule is N=C(SC(=N)c1cccc(-c2ccccc2)n1)c1cc(C(=N)SC(=N)c2cccc(-c3ccccc3)n2)cc(-c2ccccc2)c1. The lowest BCUT2D eigenvalue weighted by molar-refractivity contribution is 1.29. The third-order valence-corrected chi connectivity index (χ3v) is 8.78. The van der Waals surface area contributed by atoms with Crippen molar-refractivity contribution in [2.24, 2.45) is 0 Å². The van der Waals surface area contributed by atoms with Gasteiger partial charge in [-0.15, -0.1) is 0 Å². The van der Waals surface area contributed by atoms with Crippen LogP contribution >= 0.6 is 23.5 Å². The molecule has 222 valence electrons. The van der Waals surface area contributed by atoms with E-state index in [1.807, 2.05) is 127 Å². The normalized spacial score (nSPS) is 10.7. The Kier molecular flexibility index (Phi) is 9.38. The Morgan fingerprint density at radius 3 is 1.17 bits per heavy atom. The second-order valence-electron chi connectivity index (χ2n) is 10.2. The van der Waals surface area contributed by atoms with Crippen LogP contribution in [0.4, 0.5) is 0 Å². The zero-order chi connectivity index (χ0) is 31.9. The summed E-state index contributed by atoms with van der Waals surface area (Å²) in [5, 5.41) is 36.1. The van der Waals surface area contributed by atoms with Gasteiger partial charge in [0.1, 0.15) is 20.2 Å². The van der Waals surface area contributed by atoms with Gasteiger partial charge in [-0.1, -0.05) is 103 Å². The van der Waals surface area contributed by atoms with Gasteiger partial charge in [0.2, 0.25) is 0 Å². The number of aromatic nitrogens is 2. The Balaban J connectivity index is 1.25. The average molecular weight is 633 g/mol. The van der Waals surface area contributed by atoms with Gasteiger partial charge in [0.25, 0.3) is 0 Å². The maximum atomic E-state index is 8.97. The minimum atomic E-state index is 0.157. The molecule has 0 atom stereocenters. The molecule has 0 saturated heterocycles. The van der Waals surface area contributed by atoms with E-state index in [4.69, 9.17) is 21.6 Å². The van der Waals surface area contributed by atoms with E-state index in [0.717, 1.165) is 57.2 Å². The molecular formula is C38H28N6S2. The lowest BCUT2D eigenvalue weighted by Crippen LogP contribution is -2.07. The highest BCUT2D eigenvalue weighted by molar-refractivity contribution is 8.27. The summed E-state index contributed by atoms with van der Waals surface area (Å²) in [5.74, 6) is 0. The lowest BCUT2D eigenvalue weighted by Gasteiger charge is -2.13. The molecule has 4 N–H and O–H groups in total. The lowest BCUT2D eigenvalue weighted by atomic mass is 10.0. The number of hydrogen-bond acceptors (Lipinski definition) is 8. The zero-order valence-corrected chi connectivity index (χ0v) is 26.2. The summed E-state index contributed by atoms with van der Waals surface area (Å²) in [5.41, 5.74) is 7.35. The second kappa shape index (κ2) is 14.1. The van der Waals surface area contributed by atoms with Crippen molar-refractivity contribution in [3.8, 4) is 33.6 Å². The molecule has 0 aliphatic heterocycles. The molecule has 6 nitrogen and oxygen atoms in total. The number of hydrogen-bond donors (Lipinski definition) is 4. The number of rotatable bonds is 7. The molecule has 4 aromatic carbocycles. The summed E-state index contributed by atoms with van der Waals surface area (Å²) < 4.78 is 0. The topological polar surface area (TPSA) is 121 Å². The summed E-state index contributed by atoms with van der Waals surface area (Å²) in [6.07, 6.45) is 0. The minimum absolute atomic E-state index is 0.157. The molecule has 0 fully saturated rings. The number of thioether (sulfide) groups is 2. The number of pyridine rings is 2. The molecule has 0 radical (unpaired) electrons. The van der Waals surface area contributed by atoms with E-state index in [9.17, 15) is 0 Å². The van der Waals surface area contributed by atoms with Gasteiger partial charge in [-0.3, -0.25) is 21.6 Å². The fourth-order valence-electron chi connectivity index (χ4n) is 4.78. The van der Waals surface area contributed by atoms with Crippen LogP contribution in [0.2, 0.25) is 0 Å². The van der Waals surface area contributed by atoms with E-state index < -0.39 is 0 Å². The largest absolute Gasteiger partial charge is 0.293 e. The molecule has 46 heavy (non-hydrogen) atoms. The van der Waals surface area contributed by atoms with E-state index in [0.29, 0.717) is 22.5 Å². The van der Waals surface area contributed by atoms with Gasteiger partial charge in [-0.2, -0.15) is 0 Å². The van der Waals surface area contributed by atoms with Crippen LogP contribution < -0.4 is 0 Å². The van der Waals surface area contributed by atoms with Crippen LogP contribution in [0.25, 0.3) is 33.6 Å². The zero-order valence-electron chi connectivity index (χ0n) is 24.6. The Morgan fingerprint density at radius 2 is 0.761 bits per heavy atom. The summed E-state index contributed by atoms with van der Waals surface area (Å²) in [7, 11) is 0. The predicted molar refractivity (Wildman–Crippen MR) is 194 cm³/mol. The van der Waals surface area contributed by atoms with Crippen molar-refractivity contribution >= 4 is 43.7 Å². The van der Waals surface area contributed by atoms with Gasteiger partial charge >= 0.3 is 0 Å². The first-order valence-electron chi connectivity index (χ1n) is 14.4. The molecule has 8 heteroatoms. The van der Waals surface area contributed by atoms with E-state index in [1.165, 1.54) is 0 Å². The van der Waals surface area contributed by atoms with E-state index in [2.05, 4.69) is 9.97 Å². The summed E-state index contributed by atoms with van der Waals surface area (Å²) in [6.45, 7) is 0. The highest BCUT2D eigenvalue weighted by Crippen LogP contribution is 2.29. The van der Waals surface area contributed by atoms with E-state index in [-0.39, 0.29) is 20.2 Å². The molecule has 6 rings (SSSR count). The molecule has 0 bridgehead atoms. The van der Waals surface area contributed by atoms with Crippen molar-refractivity contribution in [2.75, 3.05) is 0 Å². The van der Waals surface area contributed by atoms with Gasteiger partial charge < -0.3 is 0 Å². The third kappa shape index (κ3) is 7.26. The molecule has 0 amide bonds. The van der Waals surface area contributed by atoms with Crippen molar-refractivity contribution in [3.05, 3.63) is 168 Å². The minimum Gasteiger partial charge on any atom is -0.293 e. The van der Waals surface area contributed by atoms with Crippen molar-refractivity contribution in [1.29, 1.82) is 21.6 Å². The molecule has 0 spiro atoms. The number of nitrogens with one attached hydrogen (secondary N) is 4. The van der Waals surface area contributed by atoms with Gasteiger partial charge in [-0.05, 0) is 77.1 Å². The third-order valence-electron chi connectivity index (χ3n) is 7.08. The molecule has 6 aromatic rings. The molecule has 2 heterocycles. The number of benzene rings is 4. The van der Waals surface area contributed by atoms with Crippen molar-refractivity contribution < 1.29 is 0 Å². The monoisotopic (exact) mass is 632 g/mol. The molecule has 0 aliphatic carbocycles.